The lowest BCUT2D eigenvalue weighted by molar-refractivity contribution is -0.198. The molecule has 1 aromatic carbocycles. The van der Waals surface area contributed by atoms with Crippen molar-refractivity contribution >= 4 is 18.0 Å². The number of benzene rings is 1. The third-order valence-electron chi connectivity index (χ3n) is 2.83. The Morgan fingerprint density at radius 3 is 2.68 bits per heavy atom. The summed E-state index contributed by atoms with van der Waals surface area (Å²) in [4.78, 5) is 35.1. The Kier molecular flexibility index (Phi) is 4.77. The lowest BCUT2D eigenvalue weighted by Crippen LogP contribution is -2.51. The van der Waals surface area contributed by atoms with Crippen molar-refractivity contribution in [1.29, 1.82) is 0 Å². The fourth-order valence-corrected chi connectivity index (χ4v) is 1.85. The Bertz CT molecular complexity index is 585. The van der Waals surface area contributed by atoms with Crippen molar-refractivity contribution in [2.24, 2.45) is 0 Å². The molecule has 1 aliphatic heterocycles. The molecule has 7 nitrogen and oxygen atoms in total. The maximum absolute atomic E-state index is 12.1. The molecular weight excluding hydrogens is 290 g/mol. The standard InChI is InChI=1S/C15H15NO6/c1-2-10-20-14(19)16-15(9-8-12(17)21-15)22-13(18)11-6-4-3-5-7-11/h2-7H,1,8-10H2,(H,16,19)/t15-/m0/s1. The third-order valence-corrected chi connectivity index (χ3v) is 2.83. The Labute approximate surface area is 126 Å². The molecule has 1 amide bonds. The van der Waals surface area contributed by atoms with E-state index >= 15 is 0 Å². The predicted octanol–water partition coefficient (Wildman–Crippen LogP) is 1.75. The minimum Gasteiger partial charge on any atom is -0.445 e. The van der Waals surface area contributed by atoms with Crippen LogP contribution in [0.15, 0.2) is 43.0 Å². The Hall–Kier alpha value is -2.83. The third kappa shape index (κ3) is 3.85. The van der Waals surface area contributed by atoms with Crippen molar-refractivity contribution in [3.8, 4) is 0 Å². The van der Waals surface area contributed by atoms with E-state index in [1.54, 1.807) is 30.3 Å². The van der Waals surface area contributed by atoms with Gasteiger partial charge in [0, 0.05) is 0 Å². The maximum atomic E-state index is 12.1. The van der Waals surface area contributed by atoms with Gasteiger partial charge >= 0.3 is 23.9 Å². The quantitative estimate of drug-likeness (QED) is 0.506. The highest BCUT2D eigenvalue weighted by Gasteiger charge is 2.46. The Morgan fingerprint density at radius 2 is 2.09 bits per heavy atom. The van der Waals surface area contributed by atoms with Crippen molar-refractivity contribution in [2.75, 3.05) is 6.61 Å². The van der Waals surface area contributed by atoms with E-state index in [0.29, 0.717) is 0 Å². The summed E-state index contributed by atoms with van der Waals surface area (Å²) in [6.45, 7) is 3.38. The fraction of sp³-hybridized carbons (Fsp3) is 0.267. The monoisotopic (exact) mass is 305 g/mol. The zero-order valence-electron chi connectivity index (χ0n) is 11.7. The van der Waals surface area contributed by atoms with Crippen LogP contribution in [0.3, 0.4) is 0 Å². The highest BCUT2D eigenvalue weighted by molar-refractivity contribution is 5.90. The summed E-state index contributed by atoms with van der Waals surface area (Å²) in [5.41, 5.74) is 0.270. The number of hydrogen-bond donors (Lipinski definition) is 1. The van der Waals surface area contributed by atoms with E-state index < -0.39 is 23.9 Å². The first-order valence-corrected chi connectivity index (χ1v) is 6.61. The number of hydrogen-bond acceptors (Lipinski definition) is 6. The molecule has 1 aliphatic rings. The second kappa shape index (κ2) is 6.75. The average Bonchev–Trinajstić information content (AvgIpc) is 2.86. The van der Waals surface area contributed by atoms with Gasteiger partial charge in [-0.05, 0) is 12.1 Å². The Balaban J connectivity index is 2.09. The van der Waals surface area contributed by atoms with E-state index in [2.05, 4.69) is 11.9 Å². The molecule has 1 atom stereocenters. The number of carbonyl (C=O) groups excluding carboxylic acids is 3. The van der Waals surface area contributed by atoms with Crippen molar-refractivity contribution in [1.82, 2.24) is 5.32 Å². The van der Waals surface area contributed by atoms with E-state index in [-0.39, 0.29) is 25.0 Å². The summed E-state index contributed by atoms with van der Waals surface area (Å²) in [6, 6.07) is 8.16. The highest BCUT2D eigenvalue weighted by Crippen LogP contribution is 2.27. The summed E-state index contributed by atoms with van der Waals surface area (Å²) < 4.78 is 14.9. The first kappa shape index (κ1) is 15.6. The fourth-order valence-electron chi connectivity index (χ4n) is 1.85. The van der Waals surface area contributed by atoms with Gasteiger partial charge in [-0.1, -0.05) is 30.9 Å². The number of rotatable bonds is 5. The van der Waals surface area contributed by atoms with Gasteiger partial charge in [0.1, 0.15) is 6.61 Å². The van der Waals surface area contributed by atoms with Crippen LogP contribution in [0.2, 0.25) is 0 Å². The van der Waals surface area contributed by atoms with Gasteiger partial charge in [-0.3, -0.25) is 4.79 Å². The second-order valence-electron chi connectivity index (χ2n) is 4.49. The number of carbonyl (C=O) groups is 3. The smallest absolute Gasteiger partial charge is 0.413 e. The molecule has 116 valence electrons. The number of amides is 1. The van der Waals surface area contributed by atoms with Gasteiger partial charge in [0.15, 0.2) is 0 Å². The van der Waals surface area contributed by atoms with Gasteiger partial charge in [0.2, 0.25) is 0 Å². The zero-order chi connectivity index (χ0) is 16.0. The van der Waals surface area contributed by atoms with Crippen molar-refractivity contribution in [3.63, 3.8) is 0 Å². The second-order valence-corrected chi connectivity index (χ2v) is 4.49. The molecule has 1 N–H and O–H groups in total. The molecule has 1 fully saturated rings. The van der Waals surface area contributed by atoms with Crippen molar-refractivity contribution < 1.29 is 28.6 Å². The molecule has 0 spiro atoms. The first-order chi connectivity index (χ1) is 10.5. The molecular formula is C15H15NO6. The topological polar surface area (TPSA) is 90.9 Å². The molecule has 0 bridgehead atoms. The molecule has 0 aromatic heterocycles. The summed E-state index contributed by atoms with van der Waals surface area (Å²) >= 11 is 0. The average molecular weight is 305 g/mol. The molecule has 0 aliphatic carbocycles. The van der Waals surface area contributed by atoms with Gasteiger partial charge in [-0.2, -0.15) is 0 Å². The minimum absolute atomic E-state index is 0.00754. The normalized spacial score (nSPS) is 19.9. The van der Waals surface area contributed by atoms with Crippen molar-refractivity contribution in [2.45, 2.75) is 18.8 Å². The summed E-state index contributed by atoms with van der Waals surface area (Å²) in [6.07, 6.45) is 0.524. The molecule has 2 rings (SSSR count). The lowest BCUT2D eigenvalue weighted by Gasteiger charge is -2.27. The maximum Gasteiger partial charge on any atom is 0.413 e. The van der Waals surface area contributed by atoms with Gasteiger partial charge in [-0.25, -0.2) is 14.9 Å². The van der Waals surface area contributed by atoms with E-state index in [4.69, 9.17) is 14.2 Å². The van der Waals surface area contributed by atoms with Gasteiger partial charge in [0.05, 0.1) is 18.4 Å². The number of nitrogens with one attached hydrogen (secondary N) is 1. The molecule has 1 saturated heterocycles. The molecule has 0 unspecified atom stereocenters. The summed E-state index contributed by atoms with van der Waals surface area (Å²) in [5, 5.41) is 2.26. The molecule has 1 aromatic rings. The van der Waals surface area contributed by atoms with E-state index in [1.165, 1.54) is 6.08 Å². The highest BCUT2D eigenvalue weighted by atomic mass is 16.8. The number of cyclic esters (lactones) is 1. The molecule has 0 radical (unpaired) electrons. The number of esters is 2. The van der Waals surface area contributed by atoms with E-state index in [0.717, 1.165) is 0 Å². The minimum atomic E-state index is -1.84. The first-order valence-electron chi connectivity index (χ1n) is 6.61. The van der Waals surface area contributed by atoms with Crippen LogP contribution in [-0.4, -0.2) is 30.5 Å². The van der Waals surface area contributed by atoms with Crippen LogP contribution in [0, 0.1) is 0 Å². The van der Waals surface area contributed by atoms with E-state index in [1.807, 2.05) is 0 Å². The summed E-state index contributed by atoms with van der Waals surface area (Å²) in [7, 11) is 0. The Morgan fingerprint density at radius 1 is 1.36 bits per heavy atom. The van der Waals surface area contributed by atoms with Crippen LogP contribution < -0.4 is 5.32 Å². The SMILES string of the molecule is C=CCOC(=O)N[C@@]1(OC(=O)c2ccccc2)CCC(=O)O1. The van der Waals surface area contributed by atoms with Crippen molar-refractivity contribution in [3.05, 3.63) is 48.6 Å². The number of alkyl carbamates (subject to hydrolysis) is 1. The molecule has 0 saturated carbocycles. The zero-order valence-corrected chi connectivity index (χ0v) is 11.7. The van der Waals surface area contributed by atoms with Crippen LogP contribution in [0.1, 0.15) is 23.2 Å². The molecule has 22 heavy (non-hydrogen) atoms. The largest absolute Gasteiger partial charge is 0.445 e. The summed E-state index contributed by atoms with van der Waals surface area (Å²) in [5.74, 6) is -3.15. The predicted molar refractivity (Wildman–Crippen MR) is 74.6 cm³/mol. The van der Waals surface area contributed by atoms with Crippen LogP contribution >= 0.6 is 0 Å². The van der Waals surface area contributed by atoms with Crippen LogP contribution in [0.5, 0.6) is 0 Å². The van der Waals surface area contributed by atoms with E-state index in [9.17, 15) is 14.4 Å². The van der Waals surface area contributed by atoms with Crippen LogP contribution in [-0.2, 0) is 19.0 Å². The lowest BCUT2D eigenvalue weighted by atomic mass is 10.2. The van der Waals surface area contributed by atoms with Gasteiger partial charge in [-0.15, -0.1) is 0 Å². The number of ether oxygens (including phenoxy) is 3. The van der Waals surface area contributed by atoms with Crippen LogP contribution in [0.25, 0.3) is 0 Å². The van der Waals surface area contributed by atoms with Crippen LogP contribution in [0.4, 0.5) is 4.79 Å². The molecule has 7 heteroatoms. The molecule has 1 heterocycles. The van der Waals surface area contributed by atoms with Gasteiger partial charge in [0.25, 0.3) is 0 Å². The van der Waals surface area contributed by atoms with Gasteiger partial charge < -0.3 is 14.2 Å².